The van der Waals surface area contributed by atoms with Gasteiger partial charge < -0.3 is 0 Å². The smallest absolute Gasteiger partial charge is 0.167 e. The normalized spacial score (nSPS) is 10.3. The van der Waals surface area contributed by atoms with Crippen LogP contribution in [0.4, 0.5) is 0 Å². The minimum atomic E-state index is 0.0674. The third-order valence-corrected chi connectivity index (χ3v) is 1.25. The molecular weight excluding hydrogens is 138 g/mol. The Morgan fingerprint density at radius 2 is 2.09 bits per heavy atom. The molecule has 1 aromatic heterocycles. The highest BCUT2D eigenvalue weighted by Gasteiger charge is 1.87. The van der Waals surface area contributed by atoms with Gasteiger partial charge in [-0.1, -0.05) is 6.08 Å². The van der Waals surface area contributed by atoms with Crippen LogP contribution in [0.2, 0.25) is 0 Å². The number of rotatable bonds is 2. The summed E-state index contributed by atoms with van der Waals surface area (Å²) in [6, 6.07) is 3.80. The predicted molar refractivity (Wildman–Crippen MR) is 42.7 cm³/mol. The first-order valence-electron chi connectivity index (χ1n) is 3.44. The zero-order valence-electron chi connectivity index (χ0n) is 6.37. The molecule has 1 rings (SSSR count). The summed E-state index contributed by atoms with van der Waals surface area (Å²) >= 11 is 0. The zero-order valence-corrected chi connectivity index (χ0v) is 6.37. The third kappa shape index (κ3) is 2.76. The average molecular weight is 148 g/mol. The van der Waals surface area contributed by atoms with Crippen molar-refractivity contribution in [3.63, 3.8) is 0 Å². The second-order valence-electron chi connectivity index (χ2n) is 2.28. The average Bonchev–Trinajstić information content (AvgIpc) is 2.03. The lowest BCUT2D eigenvalue weighted by Crippen LogP contribution is -1.96. The Morgan fingerprint density at radius 1 is 1.45 bits per heavy atom. The van der Waals surface area contributed by atoms with Crippen LogP contribution in [0.15, 0.2) is 30.6 Å². The molecule has 1 N–H and O–H groups in total. The molecule has 0 aliphatic heterocycles. The van der Waals surface area contributed by atoms with Crippen molar-refractivity contribution < 1.29 is 9.78 Å². The first-order chi connectivity index (χ1) is 5.29. The summed E-state index contributed by atoms with van der Waals surface area (Å²) in [5.41, 5.74) is 1.03. The van der Waals surface area contributed by atoms with E-state index >= 15 is 0 Å². The Morgan fingerprint density at radius 3 is 2.64 bits per heavy atom. The number of carbonyl (C=O) groups is 1. The van der Waals surface area contributed by atoms with Crippen molar-refractivity contribution in [2.24, 2.45) is 0 Å². The predicted octanol–water partition coefficient (Wildman–Crippen LogP) is 1.10. The molecule has 0 aromatic carbocycles. The van der Waals surface area contributed by atoms with E-state index in [2.05, 4.69) is 4.98 Å². The lowest BCUT2D eigenvalue weighted by atomic mass is 10.2. The number of nitrogens with one attached hydrogen (secondary N) is 1. The van der Waals surface area contributed by atoms with Gasteiger partial charge >= 0.3 is 0 Å². The molecule has 1 aromatic rings. The molecule has 0 spiro atoms. The SMILES string of the molecule is CC(=O)C=Cc1cc[nH+]cc1. The Balaban J connectivity index is 2.72. The Labute approximate surface area is 65.6 Å². The largest absolute Gasteiger partial charge is 0.295 e. The van der Waals surface area contributed by atoms with Gasteiger partial charge in [-0.3, -0.25) is 4.79 Å². The van der Waals surface area contributed by atoms with Gasteiger partial charge in [-0.25, -0.2) is 4.98 Å². The molecule has 0 radical (unpaired) electrons. The topological polar surface area (TPSA) is 31.2 Å². The van der Waals surface area contributed by atoms with Gasteiger partial charge in [0, 0.05) is 12.1 Å². The summed E-state index contributed by atoms with van der Waals surface area (Å²) in [5, 5.41) is 0. The van der Waals surface area contributed by atoms with Gasteiger partial charge in [0.25, 0.3) is 0 Å². The second-order valence-corrected chi connectivity index (χ2v) is 2.28. The maximum absolute atomic E-state index is 10.5. The van der Waals surface area contributed by atoms with Crippen molar-refractivity contribution in [2.75, 3.05) is 0 Å². The molecule has 56 valence electrons. The highest BCUT2D eigenvalue weighted by Crippen LogP contribution is 1.96. The quantitative estimate of drug-likeness (QED) is 0.578. The number of hydrogen-bond donors (Lipinski definition) is 0. The lowest BCUT2D eigenvalue weighted by molar-refractivity contribution is -0.378. The van der Waals surface area contributed by atoms with E-state index in [1.807, 2.05) is 24.5 Å². The molecule has 2 heteroatoms. The first kappa shape index (κ1) is 7.66. The van der Waals surface area contributed by atoms with Gasteiger partial charge in [-0.05, 0) is 18.6 Å². The van der Waals surface area contributed by atoms with Gasteiger partial charge in [0.2, 0.25) is 0 Å². The van der Waals surface area contributed by atoms with E-state index in [1.54, 1.807) is 12.2 Å². The van der Waals surface area contributed by atoms with Crippen molar-refractivity contribution in [1.29, 1.82) is 0 Å². The molecule has 1 heterocycles. The maximum atomic E-state index is 10.5. The molecule has 0 saturated carbocycles. The van der Waals surface area contributed by atoms with Crippen molar-refractivity contribution >= 4 is 11.9 Å². The minimum Gasteiger partial charge on any atom is -0.295 e. The highest BCUT2D eigenvalue weighted by atomic mass is 16.1. The van der Waals surface area contributed by atoms with E-state index in [9.17, 15) is 4.79 Å². The van der Waals surface area contributed by atoms with Gasteiger partial charge in [-0.2, -0.15) is 0 Å². The highest BCUT2D eigenvalue weighted by molar-refractivity contribution is 5.91. The van der Waals surface area contributed by atoms with Crippen molar-refractivity contribution in [3.8, 4) is 0 Å². The van der Waals surface area contributed by atoms with Gasteiger partial charge in [0.1, 0.15) is 0 Å². The molecule has 0 saturated heterocycles. The van der Waals surface area contributed by atoms with E-state index in [0.717, 1.165) is 5.56 Å². The molecule has 0 aliphatic carbocycles. The van der Waals surface area contributed by atoms with Crippen molar-refractivity contribution in [1.82, 2.24) is 0 Å². The number of H-pyrrole nitrogens is 1. The van der Waals surface area contributed by atoms with Crippen LogP contribution in [0.1, 0.15) is 12.5 Å². The summed E-state index contributed by atoms with van der Waals surface area (Å²) in [7, 11) is 0. The second kappa shape index (κ2) is 3.66. The summed E-state index contributed by atoms with van der Waals surface area (Å²) in [4.78, 5) is 13.4. The molecule has 0 amide bonds. The van der Waals surface area contributed by atoms with Gasteiger partial charge in [0.05, 0.1) is 0 Å². The molecule has 0 aliphatic rings. The van der Waals surface area contributed by atoms with Crippen LogP contribution >= 0.6 is 0 Å². The number of aromatic nitrogens is 1. The van der Waals surface area contributed by atoms with Gasteiger partial charge in [0.15, 0.2) is 18.2 Å². The number of carbonyl (C=O) groups excluding carboxylic acids is 1. The minimum absolute atomic E-state index is 0.0674. The van der Waals surface area contributed by atoms with E-state index in [-0.39, 0.29) is 5.78 Å². The molecule has 0 bridgehead atoms. The standard InChI is InChI=1S/C9H9NO/c1-8(11)2-3-9-4-6-10-7-5-9/h2-7H,1H3/p+1. The summed E-state index contributed by atoms with van der Waals surface area (Å²) in [5.74, 6) is 0.0674. The summed E-state index contributed by atoms with van der Waals surface area (Å²) in [6.07, 6.45) is 6.98. The van der Waals surface area contributed by atoms with Crippen molar-refractivity contribution in [2.45, 2.75) is 6.92 Å². The van der Waals surface area contributed by atoms with Crippen LogP contribution in [0.5, 0.6) is 0 Å². The Bertz CT molecular complexity index is 264. The van der Waals surface area contributed by atoms with Crippen LogP contribution < -0.4 is 4.98 Å². The van der Waals surface area contributed by atoms with Crippen LogP contribution in [0, 0.1) is 0 Å². The molecule has 0 atom stereocenters. The number of hydrogen-bond acceptors (Lipinski definition) is 1. The van der Waals surface area contributed by atoms with E-state index in [1.165, 1.54) is 6.92 Å². The Hall–Kier alpha value is -1.44. The number of allylic oxidation sites excluding steroid dienone is 1. The third-order valence-electron chi connectivity index (χ3n) is 1.25. The van der Waals surface area contributed by atoms with Crippen LogP contribution in [0.25, 0.3) is 6.08 Å². The first-order valence-corrected chi connectivity index (χ1v) is 3.44. The molecule has 0 fully saturated rings. The Kier molecular flexibility index (Phi) is 2.55. The fourth-order valence-corrected chi connectivity index (χ4v) is 0.724. The lowest BCUT2D eigenvalue weighted by Gasteiger charge is -1.84. The number of ketones is 1. The zero-order chi connectivity index (χ0) is 8.10. The summed E-state index contributed by atoms with van der Waals surface area (Å²) in [6.45, 7) is 1.53. The van der Waals surface area contributed by atoms with Gasteiger partial charge in [-0.15, -0.1) is 0 Å². The monoisotopic (exact) mass is 148 g/mol. The molecule has 2 nitrogen and oxygen atoms in total. The van der Waals surface area contributed by atoms with E-state index in [4.69, 9.17) is 0 Å². The van der Waals surface area contributed by atoms with E-state index in [0.29, 0.717) is 0 Å². The van der Waals surface area contributed by atoms with Crippen LogP contribution in [0.3, 0.4) is 0 Å². The fraction of sp³-hybridized carbons (Fsp3) is 0.111. The molecular formula is C9H10NO+. The summed E-state index contributed by atoms with van der Waals surface area (Å²) < 4.78 is 0. The van der Waals surface area contributed by atoms with Crippen LogP contribution in [-0.4, -0.2) is 5.78 Å². The fourth-order valence-electron chi connectivity index (χ4n) is 0.724. The number of aromatic amines is 1. The van der Waals surface area contributed by atoms with Crippen molar-refractivity contribution in [3.05, 3.63) is 36.2 Å². The van der Waals surface area contributed by atoms with E-state index < -0.39 is 0 Å². The molecule has 0 unspecified atom stereocenters. The number of pyridine rings is 1. The molecule has 11 heavy (non-hydrogen) atoms. The van der Waals surface area contributed by atoms with Crippen LogP contribution in [-0.2, 0) is 4.79 Å². The maximum Gasteiger partial charge on any atom is 0.167 e.